The molecule has 0 radical (unpaired) electrons. The minimum absolute atomic E-state index is 0.359. The highest BCUT2D eigenvalue weighted by Gasteiger charge is 2.28. The summed E-state index contributed by atoms with van der Waals surface area (Å²) in [6.45, 7) is 5.11. The molecule has 1 saturated heterocycles. The third-order valence-corrected chi connectivity index (χ3v) is 3.25. The highest BCUT2D eigenvalue weighted by atomic mass is 16.5. The van der Waals surface area contributed by atoms with Gasteiger partial charge in [-0.05, 0) is 14.0 Å². The van der Waals surface area contributed by atoms with Crippen molar-refractivity contribution in [1.29, 1.82) is 0 Å². The summed E-state index contributed by atoms with van der Waals surface area (Å²) in [5.41, 5.74) is 2.26. The van der Waals surface area contributed by atoms with Crippen molar-refractivity contribution in [2.24, 2.45) is 7.05 Å². The Morgan fingerprint density at radius 3 is 2.81 bits per heavy atom. The van der Waals surface area contributed by atoms with Gasteiger partial charge in [-0.15, -0.1) is 0 Å². The van der Waals surface area contributed by atoms with Gasteiger partial charge in [-0.3, -0.25) is 4.90 Å². The van der Waals surface area contributed by atoms with Gasteiger partial charge in [-0.1, -0.05) is 0 Å². The van der Waals surface area contributed by atoms with Crippen LogP contribution in [0.4, 0.5) is 0 Å². The van der Waals surface area contributed by atoms with Gasteiger partial charge in [0.25, 0.3) is 0 Å². The molecule has 0 saturated carbocycles. The van der Waals surface area contributed by atoms with E-state index < -0.39 is 0 Å². The lowest BCUT2D eigenvalue weighted by Gasteiger charge is -2.33. The van der Waals surface area contributed by atoms with Gasteiger partial charge in [0.05, 0.1) is 24.4 Å². The second-order valence-corrected chi connectivity index (χ2v) is 4.33. The highest BCUT2D eigenvalue weighted by Crippen LogP contribution is 2.31. The van der Waals surface area contributed by atoms with E-state index in [2.05, 4.69) is 22.4 Å². The number of aryl methyl sites for hydroxylation is 2. The Labute approximate surface area is 96.4 Å². The number of ether oxygens (including phenoxy) is 1. The molecule has 1 aliphatic heterocycles. The molecule has 1 aromatic rings. The maximum absolute atomic E-state index is 5.44. The number of methoxy groups -OCH3 is 1. The molecule has 1 aliphatic rings. The quantitative estimate of drug-likeness (QED) is 0.785. The van der Waals surface area contributed by atoms with Gasteiger partial charge in [-0.2, -0.15) is 5.10 Å². The van der Waals surface area contributed by atoms with Crippen LogP contribution in [0, 0.1) is 6.92 Å². The molecule has 5 nitrogen and oxygen atoms in total. The van der Waals surface area contributed by atoms with E-state index in [0.717, 1.165) is 31.2 Å². The Bertz CT molecular complexity index is 374. The van der Waals surface area contributed by atoms with E-state index in [1.165, 1.54) is 5.56 Å². The lowest BCUT2D eigenvalue weighted by molar-refractivity contribution is 0.197. The van der Waals surface area contributed by atoms with E-state index in [9.17, 15) is 0 Å². The number of likely N-dealkylation sites (N-methyl/N-ethyl adjacent to an activating group) is 1. The third-order valence-electron chi connectivity index (χ3n) is 3.25. The summed E-state index contributed by atoms with van der Waals surface area (Å²) in [7, 11) is 5.78. The number of piperazine rings is 1. The van der Waals surface area contributed by atoms with E-state index in [1.54, 1.807) is 7.11 Å². The molecule has 1 fully saturated rings. The molecule has 5 heteroatoms. The normalized spacial score (nSPS) is 22.4. The zero-order chi connectivity index (χ0) is 11.7. The van der Waals surface area contributed by atoms with Crippen LogP contribution in [0.25, 0.3) is 0 Å². The predicted molar refractivity (Wildman–Crippen MR) is 62.7 cm³/mol. The smallest absolute Gasteiger partial charge is 0.216 e. The predicted octanol–water partition coefficient (Wildman–Crippen LogP) is 0.313. The molecule has 0 amide bonds. The summed E-state index contributed by atoms with van der Waals surface area (Å²) < 4.78 is 7.26. The fraction of sp³-hybridized carbons (Fsp3) is 0.727. The zero-order valence-corrected chi connectivity index (χ0v) is 10.4. The number of hydrogen-bond donors (Lipinski definition) is 1. The number of hydrogen-bond acceptors (Lipinski definition) is 4. The molecule has 0 spiro atoms. The Morgan fingerprint density at radius 1 is 1.44 bits per heavy atom. The molecule has 1 aromatic heterocycles. The van der Waals surface area contributed by atoms with Gasteiger partial charge in [-0.25, -0.2) is 4.68 Å². The average Bonchev–Trinajstić information content (AvgIpc) is 2.54. The first kappa shape index (κ1) is 11.4. The fourth-order valence-corrected chi connectivity index (χ4v) is 2.41. The van der Waals surface area contributed by atoms with Gasteiger partial charge >= 0.3 is 0 Å². The Hall–Kier alpha value is -1.07. The van der Waals surface area contributed by atoms with Crippen LogP contribution in [-0.2, 0) is 7.05 Å². The van der Waals surface area contributed by atoms with Gasteiger partial charge in [0, 0.05) is 26.7 Å². The Morgan fingerprint density at radius 2 is 2.19 bits per heavy atom. The molecule has 0 aliphatic carbocycles. The van der Waals surface area contributed by atoms with Crippen LogP contribution in [0.1, 0.15) is 17.3 Å². The lowest BCUT2D eigenvalue weighted by atomic mass is 10.0. The molecule has 1 N–H and O–H groups in total. The van der Waals surface area contributed by atoms with Gasteiger partial charge in [0.15, 0.2) is 0 Å². The molecule has 90 valence electrons. The molecule has 2 rings (SSSR count). The molecule has 2 heterocycles. The average molecular weight is 224 g/mol. The van der Waals surface area contributed by atoms with Crippen LogP contribution in [0.5, 0.6) is 5.88 Å². The van der Waals surface area contributed by atoms with E-state index in [0.29, 0.717) is 6.04 Å². The number of rotatable bonds is 2. The minimum atomic E-state index is 0.359. The Kier molecular flexibility index (Phi) is 3.16. The van der Waals surface area contributed by atoms with Crippen molar-refractivity contribution in [2.45, 2.75) is 13.0 Å². The third kappa shape index (κ3) is 1.81. The molecule has 1 unspecified atom stereocenters. The van der Waals surface area contributed by atoms with E-state index in [-0.39, 0.29) is 0 Å². The maximum Gasteiger partial charge on any atom is 0.216 e. The van der Waals surface area contributed by atoms with Crippen LogP contribution in [0.3, 0.4) is 0 Å². The monoisotopic (exact) mass is 224 g/mol. The summed E-state index contributed by atoms with van der Waals surface area (Å²) in [6, 6.07) is 0.359. The number of nitrogens with one attached hydrogen (secondary N) is 1. The zero-order valence-electron chi connectivity index (χ0n) is 10.4. The second-order valence-electron chi connectivity index (χ2n) is 4.33. The van der Waals surface area contributed by atoms with Crippen LogP contribution in [0.15, 0.2) is 0 Å². The second kappa shape index (κ2) is 4.43. The van der Waals surface area contributed by atoms with Gasteiger partial charge < -0.3 is 10.1 Å². The molecular weight excluding hydrogens is 204 g/mol. The number of aromatic nitrogens is 2. The lowest BCUT2D eigenvalue weighted by Crippen LogP contribution is -2.44. The van der Waals surface area contributed by atoms with Crippen LogP contribution in [0.2, 0.25) is 0 Å². The SMILES string of the molecule is COc1c(C2CNCCN2C)c(C)nn1C. The number of nitrogens with zero attached hydrogens (tertiary/aromatic N) is 3. The standard InChI is InChI=1S/C11H20N4O/c1-8-10(11(16-4)15(3)13-8)9-7-12-5-6-14(9)2/h9,12H,5-7H2,1-4H3. The molecule has 0 bridgehead atoms. The summed E-state index contributed by atoms with van der Waals surface area (Å²) in [6.07, 6.45) is 0. The van der Waals surface area contributed by atoms with Crippen LogP contribution >= 0.6 is 0 Å². The molecular formula is C11H20N4O. The largest absolute Gasteiger partial charge is 0.481 e. The Balaban J connectivity index is 2.37. The minimum Gasteiger partial charge on any atom is -0.481 e. The summed E-state index contributed by atoms with van der Waals surface area (Å²) in [5.74, 6) is 0.873. The topological polar surface area (TPSA) is 42.3 Å². The van der Waals surface area contributed by atoms with Crippen molar-refractivity contribution in [1.82, 2.24) is 20.0 Å². The van der Waals surface area contributed by atoms with Gasteiger partial charge in [0.1, 0.15) is 0 Å². The summed E-state index contributed by atoms with van der Waals surface area (Å²) >= 11 is 0. The highest BCUT2D eigenvalue weighted by molar-refractivity contribution is 5.34. The van der Waals surface area contributed by atoms with Crippen molar-refractivity contribution in [3.63, 3.8) is 0 Å². The van der Waals surface area contributed by atoms with Gasteiger partial charge in [0.2, 0.25) is 5.88 Å². The summed E-state index contributed by atoms with van der Waals surface area (Å²) in [4.78, 5) is 2.35. The molecule has 16 heavy (non-hydrogen) atoms. The van der Waals surface area contributed by atoms with Crippen molar-refractivity contribution in [2.75, 3.05) is 33.8 Å². The maximum atomic E-state index is 5.44. The fourth-order valence-electron chi connectivity index (χ4n) is 2.41. The van der Waals surface area contributed by atoms with Crippen molar-refractivity contribution in [3.8, 4) is 5.88 Å². The van der Waals surface area contributed by atoms with Crippen LogP contribution in [-0.4, -0.2) is 48.5 Å². The van der Waals surface area contributed by atoms with E-state index >= 15 is 0 Å². The first-order valence-corrected chi connectivity index (χ1v) is 5.63. The van der Waals surface area contributed by atoms with Crippen molar-refractivity contribution < 1.29 is 4.74 Å². The van der Waals surface area contributed by atoms with Crippen molar-refractivity contribution >= 4 is 0 Å². The van der Waals surface area contributed by atoms with E-state index in [4.69, 9.17) is 4.74 Å². The summed E-state index contributed by atoms with van der Waals surface area (Å²) in [5, 5.41) is 7.85. The van der Waals surface area contributed by atoms with Crippen molar-refractivity contribution in [3.05, 3.63) is 11.3 Å². The molecule has 1 atom stereocenters. The first-order valence-electron chi connectivity index (χ1n) is 5.63. The molecule has 0 aromatic carbocycles. The van der Waals surface area contributed by atoms with Crippen LogP contribution < -0.4 is 10.1 Å². The first-order chi connectivity index (χ1) is 7.65. The van der Waals surface area contributed by atoms with E-state index in [1.807, 2.05) is 18.7 Å².